The van der Waals surface area contributed by atoms with Crippen molar-refractivity contribution >= 4 is 11.4 Å². The highest BCUT2D eigenvalue weighted by Crippen LogP contribution is 2.30. The van der Waals surface area contributed by atoms with Crippen molar-refractivity contribution in [3.05, 3.63) is 57.0 Å². The van der Waals surface area contributed by atoms with E-state index in [0.29, 0.717) is 22.8 Å². The van der Waals surface area contributed by atoms with Crippen molar-refractivity contribution in [3.8, 4) is 0 Å². The normalized spacial score (nSPS) is 13.7. The topological polar surface area (TPSA) is 88.5 Å². The lowest BCUT2D eigenvalue weighted by atomic mass is 9.96. The second kappa shape index (κ2) is 5.81. The van der Waals surface area contributed by atoms with E-state index in [4.69, 9.17) is 4.42 Å². The summed E-state index contributed by atoms with van der Waals surface area (Å²) in [7, 11) is 0. The minimum absolute atomic E-state index is 0.00380. The monoisotopic (exact) mass is 304 g/mol. The highest BCUT2D eigenvalue weighted by molar-refractivity contribution is 5.62. The molecule has 2 N–H and O–H groups in total. The summed E-state index contributed by atoms with van der Waals surface area (Å²) in [5, 5.41) is 24.7. The molecule has 0 saturated carbocycles. The third kappa shape index (κ3) is 3.28. The predicted molar refractivity (Wildman–Crippen MR) is 84.1 cm³/mol. The van der Waals surface area contributed by atoms with Crippen LogP contribution in [-0.2, 0) is 5.60 Å². The molecular formula is C16H20N2O4. The van der Waals surface area contributed by atoms with Crippen molar-refractivity contribution in [2.24, 2.45) is 0 Å². The first-order chi connectivity index (χ1) is 10.2. The van der Waals surface area contributed by atoms with E-state index >= 15 is 0 Å². The van der Waals surface area contributed by atoms with Gasteiger partial charge in [-0.25, -0.2) is 0 Å². The Morgan fingerprint density at radius 1 is 1.32 bits per heavy atom. The van der Waals surface area contributed by atoms with Gasteiger partial charge in [0.1, 0.15) is 22.8 Å². The Kier molecular flexibility index (Phi) is 4.23. The van der Waals surface area contributed by atoms with Crippen LogP contribution in [0.2, 0.25) is 0 Å². The Labute approximate surface area is 128 Å². The largest absolute Gasteiger partial charge is 0.466 e. The van der Waals surface area contributed by atoms with Crippen LogP contribution in [0.4, 0.5) is 11.4 Å². The lowest BCUT2D eigenvalue weighted by molar-refractivity contribution is -0.384. The van der Waals surface area contributed by atoms with Gasteiger partial charge in [-0.1, -0.05) is 6.07 Å². The average molecular weight is 304 g/mol. The molecular weight excluding hydrogens is 284 g/mol. The summed E-state index contributed by atoms with van der Waals surface area (Å²) in [5.74, 6) is 1.36. The number of benzene rings is 1. The third-order valence-electron chi connectivity index (χ3n) is 3.59. The molecule has 6 nitrogen and oxygen atoms in total. The maximum absolute atomic E-state index is 11.1. The summed E-state index contributed by atoms with van der Waals surface area (Å²) in [6.07, 6.45) is 0. The van der Waals surface area contributed by atoms with Crippen molar-refractivity contribution in [1.82, 2.24) is 0 Å². The maximum Gasteiger partial charge on any atom is 0.292 e. The molecule has 1 heterocycles. The minimum Gasteiger partial charge on any atom is -0.466 e. The molecule has 0 amide bonds. The summed E-state index contributed by atoms with van der Waals surface area (Å²) in [5.41, 5.74) is 0.669. The van der Waals surface area contributed by atoms with Crippen molar-refractivity contribution in [1.29, 1.82) is 0 Å². The second-order valence-electron chi connectivity index (χ2n) is 5.73. The first kappa shape index (κ1) is 16.0. The molecule has 0 bridgehead atoms. The number of hydrogen-bond acceptors (Lipinski definition) is 5. The predicted octanol–water partition coefficient (Wildman–Crippen LogP) is 3.43. The Morgan fingerprint density at radius 3 is 2.55 bits per heavy atom. The zero-order valence-electron chi connectivity index (χ0n) is 13.1. The van der Waals surface area contributed by atoms with Crippen molar-refractivity contribution in [2.75, 3.05) is 11.9 Å². The number of nitrogens with zero attached hydrogens (tertiary/aromatic N) is 1. The van der Waals surface area contributed by atoms with Gasteiger partial charge in [0, 0.05) is 18.2 Å². The van der Waals surface area contributed by atoms with Crippen LogP contribution < -0.4 is 5.32 Å². The number of rotatable bonds is 5. The molecule has 0 aliphatic carbocycles. The molecule has 118 valence electrons. The van der Waals surface area contributed by atoms with Crippen LogP contribution in [-0.4, -0.2) is 16.6 Å². The van der Waals surface area contributed by atoms with E-state index in [2.05, 4.69) is 5.32 Å². The van der Waals surface area contributed by atoms with Crippen LogP contribution in [0.1, 0.15) is 29.6 Å². The van der Waals surface area contributed by atoms with Crippen molar-refractivity contribution in [3.63, 3.8) is 0 Å². The lowest BCUT2D eigenvalue weighted by Crippen LogP contribution is -2.31. The second-order valence-corrected chi connectivity index (χ2v) is 5.73. The fraction of sp³-hybridized carbons (Fsp3) is 0.375. The van der Waals surface area contributed by atoms with Crippen LogP contribution in [0.3, 0.4) is 0 Å². The van der Waals surface area contributed by atoms with Crippen LogP contribution in [0.15, 0.2) is 28.7 Å². The molecule has 0 radical (unpaired) electrons. The van der Waals surface area contributed by atoms with Gasteiger partial charge in [-0.2, -0.15) is 0 Å². The molecule has 0 aliphatic heterocycles. The number of anilines is 1. The molecule has 22 heavy (non-hydrogen) atoms. The Bertz CT molecular complexity index is 704. The quantitative estimate of drug-likeness (QED) is 0.652. The number of aliphatic hydroxyl groups is 1. The number of hydrogen-bond donors (Lipinski definition) is 2. The summed E-state index contributed by atoms with van der Waals surface area (Å²) >= 11 is 0. The average Bonchev–Trinajstić information content (AvgIpc) is 2.77. The molecule has 6 heteroatoms. The molecule has 0 aliphatic rings. The van der Waals surface area contributed by atoms with E-state index in [9.17, 15) is 15.2 Å². The van der Waals surface area contributed by atoms with E-state index in [1.165, 1.54) is 6.07 Å². The highest BCUT2D eigenvalue weighted by Gasteiger charge is 2.28. The van der Waals surface area contributed by atoms with Crippen molar-refractivity contribution in [2.45, 2.75) is 33.3 Å². The van der Waals surface area contributed by atoms with Crippen molar-refractivity contribution < 1.29 is 14.4 Å². The first-order valence-corrected chi connectivity index (χ1v) is 6.99. The van der Waals surface area contributed by atoms with Crippen LogP contribution in [0.25, 0.3) is 0 Å². The fourth-order valence-electron chi connectivity index (χ4n) is 2.47. The number of aryl methyl sites for hydroxylation is 3. The summed E-state index contributed by atoms with van der Waals surface area (Å²) in [6.45, 7) is 7.18. The third-order valence-corrected chi connectivity index (χ3v) is 3.59. The summed E-state index contributed by atoms with van der Waals surface area (Å²) in [6, 6.07) is 6.72. The van der Waals surface area contributed by atoms with Gasteiger partial charge < -0.3 is 14.8 Å². The smallest absolute Gasteiger partial charge is 0.292 e. The molecule has 0 saturated heterocycles. The Balaban J connectivity index is 2.22. The zero-order valence-corrected chi connectivity index (χ0v) is 13.1. The zero-order chi connectivity index (χ0) is 16.5. The van der Waals surface area contributed by atoms with E-state index in [0.717, 1.165) is 5.56 Å². The van der Waals surface area contributed by atoms with Crippen LogP contribution >= 0.6 is 0 Å². The van der Waals surface area contributed by atoms with Gasteiger partial charge >= 0.3 is 0 Å². The number of furan rings is 1. The lowest BCUT2D eigenvalue weighted by Gasteiger charge is -2.24. The SMILES string of the molecule is Cc1ccc(NCC(C)(O)c2cc(C)oc2C)c([N+](=O)[O-])c1. The van der Waals surface area contributed by atoms with E-state index in [-0.39, 0.29) is 12.2 Å². The number of nitro benzene ring substituents is 1. The molecule has 1 aromatic carbocycles. The number of nitro groups is 1. The number of nitrogens with one attached hydrogen (secondary N) is 1. The van der Waals surface area contributed by atoms with Crippen LogP contribution in [0, 0.1) is 30.9 Å². The Hall–Kier alpha value is -2.34. The van der Waals surface area contributed by atoms with Gasteiger partial charge in [-0.05, 0) is 45.4 Å². The molecule has 2 aromatic rings. The van der Waals surface area contributed by atoms with Gasteiger partial charge in [0.15, 0.2) is 0 Å². The molecule has 1 unspecified atom stereocenters. The standard InChI is InChI=1S/C16H20N2O4/c1-10-5-6-14(15(7-10)18(20)21)17-9-16(4,19)13-8-11(2)22-12(13)3/h5-8,17,19H,9H2,1-4H3. The minimum atomic E-state index is -1.19. The maximum atomic E-state index is 11.1. The fourth-order valence-corrected chi connectivity index (χ4v) is 2.47. The summed E-state index contributed by atoms with van der Waals surface area (Å²) < 4.78 is 5.43. The summed E-state index contributed by atoms with van der Waals surface area (Å²) in [4.78, 5) is 10.7. The molecule has 0 spiro atoms. The molecule has 0 fully saturated rings. The van der Waals surface area contributed by atoms with E-state index < -0.39 is 10.5 Å². The van der Waals surface area contributed by atoms with Gasteiger partial charge in [-0.3, -0.25) is 10.1 Å². The van der Waals surface area contributed by atoms with Gasteiger partial charge in [0.25, 0.3) is 5.69 Å². The molecule has 1 atom stereocenters. The first-order valence-electron chi connectivity index (χ1n) is 6.99. The highest BCUT2D eigenvalue weighted by atomic mass is 16.6. The van der Waals surface area contributed by atoms with Gasteiger partial charge in [0.05, 0.1) is 4.92 Å². The van der Waals surface area contributed by atoms with Crippen LogP contribution in [0.5, 0.6) is 0 Å². The molecule has 2 rings (SSSR count). The van der Waals surface area contributed by atoms with E-state index in [1.807, 2.05) is 6.92 Å². The molecule has 1 aromatic heterocycles. The Morgan fingerprint density at radius 2 is 2.00 bits per heavy atom. The van der Waals surface area contributed by atoms with Gasteiger partial charge in [0.2, 0.25) is 0 Å². The van der Waals surface area contributed by atoms with E-state index in [1.54, 1.807) is 39.0 Å². The van der Waals surface area contributed by atoms with Gasteiger partial charge in [-0.15, -0.1) is 0 Å².